The lowest BCUT2D eigenvalue weighted by atomic mass is 10.2. The van der Waals surface area contributed by atoms with Gasteiger partial charge in [-0.1, -0.05) is 25.1 Å². The van der Waals surface area contributed by atoms with Gasteiger partial charge in [0, 0.05) is 17.8 Å². The van der Waals surface area contributed by atoms with E-state index in [2.05, 4.69) is 15.8 Å². The Morgan fingerprint density at radius 3 is 2.46 bits per heavy atom. The number of nitro benzene ring substituents is 1. The molecule has 0 aliphatic heterocycles. The van der Waals surface area contributed by atoms with Gasteiger partial charge in [-0.15, -0.1) is 0 Å². The number of anilines is 1. The van der Waals surface area contributed by atoms with Crippen molar-refractivity contribution in [2.24, 2.45) is 5.10 Å². The highest BCUT2D eigenvalue weighted by Gasteiger charge is 2.15. The van der Waals surface area contributed by atoms with E-state index in [0.717, 1.165) is 5.69 Å². The van der Waals surface area contributed by atoms with E-state index >= 15 is 0 Å². The molecule has 0 aromatic heterocycles. The Morgan fingerprint density at radius 2 is 1.88 bits per heavy atom. The van der Waals surface area contributed by atoms with E-state index in [1.807, 2.05) is 37.3 Å². The predicted molar refractivity (Wildman–Crippen MR) is 93.0 cm³/mol. The number of carbonyl (C=O) groups is 1. The zero-order valence-electron chi connectivity index (χ0n) is 13.2. The Labute approximate surface area is 139 Å². The van der Waals surface area contributed by atoms with Gasteiger partial charge in [-0.25, -0.2) is 5.43 Å². The van der Waals surface area contributed by atoms with Crippen molar-refractivity contribution in [3.63, 3.8) is 0 Å². The molecule has 0 aliphatic rings. The van der Waals surface area contributed by atoms with Crippen LogP contribution in [-0.4, -0.2) is 23.1 Å². The van der Waals surface area contributed by atoms with Crippen LogP contribution in [0.15, 0.2) is 59.7 Å². The van der Waals surface area contributed by atoms with Gasteiger partial charge in [-0.3, -0.25) is 14.9 Å². The first-order chi connectivity index (χ1) is 11.6. The van der Waals surface area contributed by atoms with Crippen LogP contribution in [0.4, 0.5) is 11.4 Å². The summed E-state index contributed by atoms with van der Waals surface area (Å²) in [5, 5.41) is 17.6. The molecule has 0 fully saturated rings. The zero-order valence-corrected chi connectivity index (χ0v) is 13.2. The number of amides is 1. The van der Waals surface area contributed by atoms with Crippen molar-refractivity contribution in [2.45, 2.75) is 19.4 Å². The summed E-state index contributed by atoms with van der Waals surface area (Å²) < 4.78 is 0. The molecule has 7 heteroatoms. The van der Waals surface area contributed by atoms with Gasteiger partial charge in [0.1, 0.15) is 6.04 Å². The van der Waals surface area contributed by atoms with Crippen molar-refractivity contribution < 1.29 is 9.72 Å². The van der Waals surface area contributed by atoms with Gasteiger partial charge in [-0.2, -0.15) is 5.10 Å². The molecule has 1 atom stereocenters. The molecule has 124 valence electrons. The number of rotatable bonds is 7. The van der Waals surface area contributed by atoms with Crippen molar-refractivity contribution in [3.8, 4) is 0 Å². The van der Waals surface area contributed by atoms with Crippen LogP contribution < -0.4 is 10.7 Å². The highest BCUT2D eigenvalue weighted by molar-refractivity contribution is 5.86. The van der Waals surface area contributed by atoms with E-state index < -0.39 is 11.0 Å². The summed E-state index contributed by atoms with van der Waals surface area (Å²) in [6.07, 6.45) is 2.05. The molecule has 0 heterocycles. The highest BCUT2D eigenvalue weighted by Crippen LogP contribution is 2.11. The normalized spacial score (nSPS) is 11.9. The third kappa shape index (κ3) is 4.91. The van der Waals surface area contributed by atoms with Crippen LogP contribution in [0, 0.1) is 10.1 Å². The van der Waals surface area contributed by atoms with Crippen molar-refractivity contribution in [3.05, 3.63) is 70.3 Å². The first kappa shape index (κ1) is 17.1. The molecule has 2 N–H and O–H groups in total. The fourth-order valence-corrected chi connectivity index (χ4v) is 2.02. The van der Waals surface area contributed by atoms with Crippen molar-refractivity contribution in [1.82, 2.24) is 5.43 Å². The van der Waals surface area contributed by atoms with Crippen molar-refractivity contribution in [2.75, 3.05) is 5.32 Å². The van der Waals surface area contributed by atoms with E-state index in [9.17, 15) is 14.9 Å². The van der Waals surface area contributed by atoms with E-state index in [4.69, 9.17) is 0 Å². The number of benzene rings is 2. The van der Waals surface area contributed by atoms with Gasteiger partial charge in [0.15, 0.2) is 0 Å². The second-order valence-electron chi connectivity index (χ2n) is 5.05. The standard InChI is InChI=1S/C17H18N4O3/c1-2-16(19-14-6-4-3-5-7-14)17(22)20-18-12-13-8-10-15(11-9-13)21(23)24/h3-12,16,19H,2H2,1H3,(H,20,22)/b18-12+. The van der Waals surface area contributed by atoms with Gasteiger partial charge in [0.2, 0.25) is 0 Å². The lowest BCUT2D eigenvalue weighted by molar-refractivity contribution is -0.384. The molecule has 2 aromatic rings. The number of hydrazone groups is 1. The lowest BCUT2D eigenvalue weighted by Gasteiger charge is -2.16. The van der Waals surface area contributed by atoms with Crippen molar-refractivity contribution in [1.29, 1.82) is 0 Å². The maximum absolute atomic E-state index is 12.1. The van der Waals surface area contributed by atoms with Crippen LogP contribution in [0.25, 0.3) is 0 Å². The Kier molecular flexibility index (Phi) is 6.01. The van der Waals surface area contributed by atoms with Gasteiger partial charge >= 0.3 is 0 Å². The summed E-state index contributed by atoms with van der Waals surface area (Å²) >= 11 is 0. The molecule has 0 spiro atoms. The number of para-hydroxylation sites is 1. The van der Waals surface area contributed by atoms with Crippen LogP contribution in [0.3, 0.4) is 0 Å². The molecule has 0 bridgehead atoms. The number of nitrogens with zero attached hydrogens (tertiary/aromatic N) is 2. The molecule has 1 unspecified atom stereocenters. The summed E-state index contributed by atoms with van der Waals surface area (Å²) in [7, 11) is 0. The molecule has 0 saturated carbocycles. The minimum atomic E-state index is -0.468. The molecule has 0 aliphatic carbocycles. The quantitative estimate of drug-likeness (QED) is 0.464. The molecular weight excluding hydrogens is 308 g/mol. The SMILES string of the molecule is CCC(Nc1ccccc1)C(=O)N/N=C/c1ccc([N+](=O)[O-])cc1. The zero-order chi connectivity index (χ0) is 17.4. The Balaban J connectivity index is 1.91. The average Bonchev–Trinajstić information content (AvgIpc) is 2.61. The number of non-ortho nitro benzene ring substituents is 1. The third-order valence-corrected chi connectivity index (χ3v) is 3.33. The summed E-state index contributed by atoms with van der Waals surface area (Å²) in [6, 6.07) is 14.9. The number of hydrogen-bond donors (Lipinski definition) is 2. The summed E-state index contributed by atoms with van der Waals surface area (Å²) in [6.45, 7) is 1.90. The van der Waals surface area contributed by atoms with Gasteiger partial charge in [-0.05, 0) is 36.2 Å². The van der Waals surface area contributed by atoms with Crippen LogP contribution in [0.2, 0.25) is 0 Å². The number of nitro groups is 1. The second-order valence-corrected chi connectivity index (χ2v) is 5.05. The Bertz CT molecular complexity index is 714. The largest absolute Gasteiger partial charge is 0.374 e. The van der Waals surface area contributed by atoms with Crippen LogP contribution in [0.1, 0.15) is 18.9 Å². The second kappa shape index (κ2) is 8.42. The maximum atomic E-state index is 12.1. The number of hydrogen-bond acceptors (Lipinski definition) is 5. The maximum Gasteiger partial charge on any atom is 0.269 e. The first-order valence-corrected chi connectivity index (χ1v) is 7.49. The Hall–Kier alpha value is -3.22. The minimum Gasteiger partial charge on any atom is -0.374 e. The fraction of sp³-hybridized carbons (Fsp3) is 0.176. The van der Waals surface area contributed by atoms with Gasteiger partial charge in [0.05, 0.1) is 11.1 Å². The molecule has 0 saturated heterocycles. The summed E-state index contributed by atoms with van der Waals surface area (Å²) in [5.74, 6) is -0.250. The predicted octanol–water partition coefficient (Wildman–Crippen LogP) is 2.94. The summed E-state index contributed by atoms with van der Waals surface area (Å²) in [4.78, 5) is 22.2. The first-order valence-electron chi connectivity index (χ1n) is 7.49. The number of nitrogens with one attached hydrogen (secondary N) is 2. The van der Waals surface area contributed by atoms with Crippen LogP contribution in [0.5, 0.6) is 0 Å². The lowest BCUT2D eigenvalue weighted by Crippen LogP contribution is -2.36. The molecule has 24 heavy (non-hydrogen) atoms. The van der Waals surface area contributed by atoms with E-state index in [1.165, 1.54) is 18.3 Å². The van der Waals surface area contributed by atoms with Gasteiger partial charge < -0.3 is 5.32 Å². The van der Waals surface area contributed by atoms with Crippen LogP contribution >= 0.6 is 0 Å². The third-order valence-electron chi connectivity index (χ3n) is 3.33. The highest BCUT2D eigenvalue weighted by atomic mass is 16.6. The number of carbonyl (C=O) groups excluding carboxylic acids is 1. The molecule has 0 radical (unpaired) electrons. The minimum absolute atomic E-state index is 0.00861. The molecule has 1 amide bonds. The van der Waals surface area contributed by atoms with Crippen LogP contribution in [-0.2, 0) is 4.79 Å². The van der Waals surface area contributed by atoms with E-state index in [0.29, 0.717) is 12.0 Å². The molecular formula is C17H18N4O3. The topological polar surface area (TPSA) is 96.6 Å². The molecule has 2 aromatic carbocycles. The molecule has 7 nitrogen and oxygen atoms in total. The smallest absolute Gasteiger partial charge is 0.269 e. The van der Waals surface area contributed by atoms with Crippen molar-refractivity contribution >= 4 is 23.5 Å². The van der Waals surface area contributed by atoms with E-state index in [-0.39, 0.29) is 11.6 Å². The molecule has 2 rings (SSSR count). The van der Waals surface area contributed by atoms with Gasteiger partial charge in [0.25, 0.3) is 11.6 Å². The summed E-state index contributed by atoms with van der Waals surface area (Å²) in [5.41, 5.74) is 4.00. The monoisotopic (exact) mass is 326 g/mol. The average molecular weight is 326 g/mol. The fourth-order valence-electron chi connectivity index (χ4n) is 2.02. The Morgan fingerprint density at radius 1 is 1.21 bits per heavy atom. The van der Waals surface area contributed by atoms with E-state index in [1.54, 1.807) is 12.1 Å².